The predicted molar refractivity (Wildman–Crippen MR) is 130 cm³/mol. The van der Waals surface area contributed by atoms with Gasteiger partial charge in [-0.2, -0.15) is 4.31 Å². The molecule has 5 nitrogen and oxygen atoms in total. The van der Waals surface area contributed by atoms with Gasteiger partial charge in [0.1, 0.15) is 5.75 Å². The van der Waals surface area contributed by atoms with Crippen molar-refractivity contribution in [2.45, 2.75) is 43.6 Å². The highest BCUT2D eigenvalue weighted by atomic mass is 32.2. The zero-order valence-corrected chi connectivity index (χ0v) is 19.9. The van der Waals surface area contributed by atoms with Crippen LogP contribution in [0.2, 0.25) is 0 Å². The molecule has 1 saturated heterocycles. The van der Waals surface area contributed by atoms with Crippen molar-refractivity contribution >= 4 is 15.6 Å². The SMILES string of the molecule is COc1ccc(/C(C#CC2=CCCCC2)=C2/CN(S(=O)(=O)c3ccc(C)cc3)CC2O)cc1. The van der Waals surface area contributed by atoms with Crippen molar-refractivity contribution in [2.24, 2.45) is 0 Å². The summed E-state index contributed by atoms with van der Waals surface area (Å²) < 4.78 is 33.0. The van der Waals surface area contributed by atoms with Gasteiger partial charge in [-0.25, -0.2) is 8.42 Å². The van der Waals surface area contributed by atoms with Crippen molar-refractivity contribution in [3.05, 3.63) is 76.9 Å². The van der Waals surface area contributed by atoms with E-state index in [2.05, 4.69) is 17.9 Å². The van der Waals surface area contributed by atoms with E-state index in [-0.39, 0.29) is 18.0 Å². The number of hydrogen-bond donors (Lipinski definition) is 1. The maximum absolute atomic E-state index is 13.2. The molecule has 1 atom stereocenters. The number of hydrogen-bond acceptors (Lipinski definition) is 4. The van der Waals surface area contributed by atoms with Crippen LogP contribution in [0.15, 0.2) is 70.6 Å². The lowest BCUT2D eigenvalue weighted by atomic mass is 9.96. The summed E-state index contributed by atoms with van der Waals surface area (Å²) in [6.07, 6.45) is 5.55. The number of allylic oxidation sites excluding steroid dienone is 3. The predicted octanol–water partition coefficient (Wildman–Crippen LogP) is 4.33. The van der Waals surface area contributed by atoms with Crippen molar-refractivity contribution in [1.82, 2.24) is 4.31 Å². The lowest BCUT2D eigenvalue weighted by molar-refractivity contribution is 0.217. The fraction of sp³-hybridized carbons (Fsp3) is 0.333. The molecule has 1 fully saturated rings. The van der Waals surface area contributed by atoms with Gasteiger partial charge in [0.25, 0.3) is 0 Å². The maximum Gasteiger partial charge on any atom is 0.243 e. The zero-order chi connectivity index (χ0) is 23.4. The van der Waals surface area contributed by atoms with Crippen LogP contribution < -0.4 is 4.74 Å². The number of methoxy groups -OCH3 is 1. The average Bonchev–Trinajstić information content (AvgIpc) is 3.23. The third-order valence-electron chi connectivity index (χ3n) is 6.12. The molecule has 4 rings (SSSR count). The van der Waals surface area contributed by atoms with E-state index in [0.29, 0.717) is 11.1 Å². The molecule has 1 aliphatic carbocycles. The van der Waals surface area contributed by atoms with Crippen LogP contribution >= 0.6 is 0 Å². The highest BCUT2D eigenvalue weighted by Gasteiger charge is 2.36. The number of β-amino-alcohol motifs (C(OH)–C–C–N with tert-alkyl or cyclic N) is 1. The third kappa shape index (κ3) is 5.22. The largest absolute Gasteiger partial charge is 0.497 e. The van der Waals surface area contributed by atoms with Gasteiger partial charge in [-0.15, -0.1) is 0 Å². The van der Waals surface area contributed by atoms with Crippen LogP contribution in [-0.4, -0.2) is 44.1 Å². The van der Waals surface area contributed by atoms with Crippen LogP contribution in [0.5, 0.6) is 5.75 Å². The molecule has 2 aromatic carbocycles. The smallest absolute Gasteiger partial charge is 0.243 e. The first-order valence-electron chi connectivity index (χ1n) is 11.2. The van der Waals surface area contributed by atoms with Crippen molar-refractivity contribution < 1.29 is 18.3 Å². The van der Waals surface area contributed by atoms with Crippen LogP contribution in [0, 0.1) is 18.8 Å². The van der Waals surface area contributed by atoms with Crippen LogP contribution in [0.25, 0.3) is 5.57 Å². The van der Waals surface area contributed by atoms with E-state index < -0.39 is 16.1 Å². The Hall–Kier alpha value is -2.85. The summed E-state index contributed by atoms with van der Waals surface area (Å²) in [5.41, 5.74) is 4.23. The van der Waals surface area contributed by atoms with Gasteiger partial charge in [0, 0.05) is 18.7 Å². The second kappa shape index (κ2) is 9.96. The molecule has 6 heteroatoms. The molecule has 33 heavy (non-hydrogen) atoms. The molecule has 0 saturated carbocycles. The molecule has 0 amide bonds. The first-order chi connectivity index (χ1) is 15.9. The first kappa shape index (κ1) is 23.3. The van der Waals surface area contributed by atoms with E-state index in [1.807, 2.05) is 31.2 Å². The monoisotopic (exact) mass is 463 g/mol. The van der Waals surface area contributed by atoms with Gasteiger partial charge in [-0.3, -0.25) is 0 Å². The summed E-state index contributed by atoms with van der Waals surface area (Å²) in [7, 11) is -2.11. The summed E-state index contributed by atoms with van der Waals surface area (Å²) in [4.78, 5) is 0.228. The Bertz CT molecular complexity index is 1230. The van der Waals surface area contributed by atoms with Crippen LogP contribution in [0.1, 0.15) is 36.8 Å². The Morgan fingerprint density at radius 1 is 1.09 bits per heavy atom. The normalized spacial score (nSPS) is 20.6. The Morgan fingerprint density at radius 3 is 2.45 bits per heavy atom. The van der Waals surface area contributed by atoms with Crippen LogP contribution in [0.4, 0.5) is 0 Å². The molecule has 1 aliphatic heterocycles. The summed E-state index contributed by atoms with van der Waals surface area (Å²) in [6, 6.07) is 14.3. The van der Waals surface area contributed by atoms with E-state index in [1.165, 1.54) is 10.7 Å². The van der Waals surface area contributed by atoms with Gasteiger partial charge in [0.05, 0.1) is 18.1 Å². The van der Waals surface area contributed by atoms with Crippen molar-refractivity contribution in [3.8, 4) is 17.6 Å². The highest BCUT2D eigenvalue weighted by Crippen LogP contribution is 2.31. The molecular formula is C27H29NO4S. The van der Waals surface area contributed by atoms with Gasteiger partial charge in [-0.1, -0.05) is 47.7 Å². The number of sulfonamides is 1. The van der Waals surface area contributed by atoms with Crippen LogP contribution in [-0.2, 0) is 10.0 Å². The second-order valence-electron chi connectivity index (χ2n) is 8.48. The number of ether oxygens (including phenoxy) is 1. The Labute approximate surface area is 196 Å². The molecule has 0 aromatic heterocycles. The number of aryl methyl sites for hydroxylation is 1. The minimum atomic E-state index is -3.72. The number of nitrogens with zero attached hydrogens (tertiary/aromatic N) is 1. The Morgan fingerprint density at radius 2 is 1.82 bits per heavy atom. The molecule has 0 spiro atoms. The van der Waals surface area contributed by atoms with Crippen molar-refractivity contribution in [3.63, 3.8) is 0 Å². The molecule has 0 bridgehead atoms. The molecule has 2 aromatic rings. The van der Waals surface area contributed by atoms with Crippen molar-refractivity contribution in [2.75, 3.05) is 20.2 Å². The van der Waals surface area contributed by atoms with Gasteiger partial charge in [-0.05, 0) is 73.6 Å². The van der Waals surface area contributed by atoms with E-state index in [0.717, 1.165) is 41.7 Å². The van der Waals surface area contributed by atoms with Gasteiger partial charge >= 0.3 is 0 Å². The quantitative estimate of drug-likeness (QED) is 0.686. The molecule has 0 radical (unpaired) electrons. The first-order valence-corrected chi connectivity index (χ1v) is 12.7. The van der Waals surface area contributed by atoms with Gasteiger partial charge in [0.15, 0.2) is 0 Å². The minimum absolute atomic E-state index is 0.00950. The number of benzene rings is 2. The number of rotatable bonds is 4. The Kier molecular flexibility index (Phi) is 7.04. The molecule has 172 valence electrons. The number of aliphatic hydroxyl groups excluding tert-OH is 1. The Balaban J connectivity index is 1.73. The topological polar surface area (TPSA) is 66.8 Å². The van der Waals surface area contributed by atoms with E-state index in [9.17, 15) is 13.5 Å². The zero-order valence-electron chi connectivity index (χ0n) is 19.0. The fourth-order valence-corrected chi connectivity index (χ4v) is 5.57. The molecule has 1 unspecified atom stereocenters. The molecule has 1 heterocycles. The fourth-order valence-electron chi connectivity index (χ4n) is 4.14. The third-order valence-corrected chi connectivity index (χ3v) is 7.95. The summed E-state index contributed by atoms with van der Waals surface area (Å²) in [5, 5.41) is 10.9. The van der Waals surface area contributed by atoms with Gasteiger partial charge in [0.2, 0.25) is 10.0 Å². The van der Waals surface area contributed by atoms with E-state index in [4.69, 9.17) is 4.74 Å². The maximum atomic E-state index is 13.2. The molecular weight excluding hydrogens is 434 g/mol. The second-order valence-corrected chi connectivity index (χ2v) is 10.4. The van der Waals surface area contributed by atoms with Crippen LogP contribution in [0.3, 0.4) is 0 Å². The molecule has 1 N–H and O–H groups in total. The summed E-state index contributed by atoms with van der Waals surface area (Å²) in [5.74, 6) is 7.28. The number of aliphatic hydroxyl groups is 1. The summed E-state index contributed by atoms with van der Waals surface area (Å²) in [6.45, 7) is 2.03. The lowest BCUT2D eigenvalue weighted by Gasteiger charge is -2.15. The van der Waals surface area contributed by atoms with Crippen molar-refractivity contribution in [1.29, 1.82) is 0 Å². The van der Waals surface area contributed by atoms with E-state index >= 15 is 0 Å². The molecule has 2 aliphatic rings. The standard InChI is InChI=1S/C27H29NO4S/c1-20-8-15-24(16-9-20)33(30,31)28-18-26(27(29)19-28)25(17-10-21-6-4-3-5-7-21)22-11-13-23(32-2)14-12-22/h6,8-9,11-16,27,29H,3-5,7,18-19H2,1-2H3/b26-25-. The minimum Gasteiger partial charge on any atom is -0.497 e. The van der Waals surface area contributed by atoms with E-state index in [1.54, 1.807) is 31.4 Å². The van der Waals surface area contributed by atoms with Gasteiger partial charge < -0.3 is 9.84 Å². The lowest BCUT2D eigenvalue weighted by Crippen LogP contribution is -2.29. The summed E-state index contributed by atoms with van der Waals surface area (Å²) >= 11 is 0. The average molecular weight is 464 g/mol. The highest BCUT2D eigenvalue weighted by molar-refractivity contribution is 7.89.